The van der Waals surface area contributed by atoms with Crippen molar-refractivity contribution in [1.29, 1.82) is 0 Å². The van der Waals surface area contributed by atoms with Crippen LogP contribution in [0.25, 0.3) is 0 Å². The molecule has 0 aromatic heterocycles. The van der Waals surface area contributed by atoms with Gasteiger partial charge in [0, 0.05) is 16.6 Å². The van der Waals surface area contributed by atoms with Crippen molar-refractivity contribution in [1.82, 2.24) is 10.9 Å². The molecule has 0 unspecified atom stereocenters. The summed E-state index contributed by atoms with van der Waals surface area (Å²) in [5, 5.41) is 7.85. The largest absolute Gasteiger partial charge is 0.273 e. The Hall–Kier alpha value is -2.02. The normalized spacial score (nSPS) is 18.2. The van der Waals surface area contributed by atoms with E-state index in [0.29, 0.717) is 11.4 Å². The van der Waals surface area contributed by atoms with Crippen LogP contribution in [0.4, 0.5) is 0 Å². The number of rotatable bonds is 4. The zero-order chi connectivity index (χ0) is 15.4. The van der Waals surface area contributed by atoms with Gasteiger partial charge in [0.05, 0.1) is 11.6 Å². The summed E-state index contributed by atoms with van der Waals surface area (Å²) in [5.41, 5.74) is 7.03. The Bertz CT molecular complexity index is 622. The van der Waals surface area contributed by atoms with Crippen molar-refractivity contribution in [2.75, 3.05) is 0 Å². The minimum absolute atomic E-state index is 0.0400. The molecule has 1 heterocycles. The van der Waals surface area contributed by atoms with Crippen molar-refractivity contribution >= 4 is 39.2 Å². The topological polar surface area (TPSA) is 82.9 Å². The molecule has 1 aromatic carbocycles. The summed E-state index contributed by atoms with van der Waals surface area (Å²) in [7, 11) is 0. The number of hydrogen-bond acceptors (Lipinski definition) is 4. The van der Waals surface area contributed by atoms with Gasteiger partial charge < -0.3 is 0 Å². The highest BCUT2D eigenvalue weighted by atomic mass is 79.9. The Morgan fingerprint density at radius 2 is 2.10 bits per heavy atom. The summed E-state index contributed by atoms with van der Waals surface area (Å²) in [6.07, 6.45) is 0.0400. The summed E-state index contributed by atoms with van der Waals surface area (Å²) < 4.78 is 0.977. The molecule has 6 nitrogen and oxygen atoms in total. The van der Waals surface area contributed by atoms with Crippen LogP contribution in [-0.2, 0) is 9.59 Å². The Morgan fingerprint density at radius 3 is 2.67 bits per heavy atom. The third-order valence-electron chi connectivity index (χ3n) is 3.16. The zero-order valence-corrected chi connectivity index (χ0v) is 13.3. The molecule has 2 amide bonds. The maximum Gasteiger partial charge on any atom is 0.249 e. The van der Waals surface area contributed by atoms with Crippen LogP contribution in [0.1, 0.15) is 25.8 Å². The summed E-state index contributed by atoms with van der Waals surface area (Å²) in [6, 6.07) is 7.60. The number of amides is 2. The monoisotopic (exact) mass is 350 g/mol. The lowest BCUT2D eigenvalue weighted by Crippen LogP contribution is -2.29. The number of nitrogens with zero attached hydrogens (tertiary/aromatic N) is 2. The average molecular weight is 351 g/mol. The van der Waals surface area contributed by atoms with Crippen LogP contribution >= 0.6 is 15.9 Å². The van der Waals surface area contributed by atoms with Crippen LogP contribution in [0.2, 0.25) is 0 Å². The summed E-state index contributed by atoms with van der Waals surface area (Å²) >= 11 is 3.36. The van der Waals surface area contributed by atoms with Gasteiger partial charge in [-0.2, -0.15) is 10.2 Å². The highest BCUT2D eigenvalue weighted by Gasteiger charge is 2.29. The Kier molecular flexibility index (Phi) is 4.85. The first kappa shape index (κ1) is 15.4. The molecule has 0 saturated heterocycles. The van der Waals surface area contributed by atoms with E-state index in [4.69, 9.17) is 0 Å². The van der Waals surface area contributed by atoms with Crippen molar-refractivity contribution in [2.24, 2.45) is 16.1 Å². The fourth-order valence-electron chi connectivity index (χ4n) is 1.86. The minimum atomic E-state index is -0.506. The second kappa shape index (κ2) is 6.62. The third-order valence-corrected chi connectivity index (χ3v) is 3.69. The lowest BCUT2D eigenvalue weighted by Gasteiger charge is -2.07. The molecule has 0 aliphatic carbocycles. The summed E-state index contributed by atoms with van der Waals surface area (Å²) in [5.74, 6) is -1.08. The number of halogens is 1. The SMILES string of the molecule is CC1=NNC(=O)[C@H]1CC(=O)N/N=C(\C)c1ccc(Br)cc1. The van der Waals surface area contributed by atoms with E-state index in [0.717, 1.165) is 10.0 Å². The number of carbonyl (C=O) groups is 2. The van der Waals surface area contributed by atoms with Gasteiger partial charge in [0.15, 0.2) is 0 Å². The van der Waals surface area contributed by atoms with Crippen molar-refractivity contribution in [3.63, 3.8) is 0 Å². The van der Waals surface area contributed by atoms with Crippen LogP contribution in [-0.4, -0.2) is 23.2 Å². The van der Waals surface area contributed by atoms with E-state index in [2.05, 4.69) is 37.0 Å². The molecule has 2 rings (SSSR count). The van der Waals surface area contributed by atoms with Gasteiger partial charge in [-0.05, 0) is 31.5 Å². The van der Waals surface area contributed by atoms with E-state index in [1.807, 2.05) is 24.3 Å². The fraction of sp³-hybridized carbons (Fsp3) is 0.286. The molecule has 0 bridgehead atoms. The smallest absolute Gasteiger partial charge is 0.249 e. The molecule has 0 spiro atoms. The third kappa shape index (κ3) is 3.98. The van der Waals surface area contributed by atoms with E-state index in [9.17, 15) is 9.59 Å². The fourth-order valence-corrected chi connectivity index (χ4v) is 2.13. The molecule has 0 radical (unpaired) electrons. The Morgan fingerprint density at radius 1 is 1.43 bits per heavy atom. The molecule has 0 fully saturated rings. The van der Waals surface area contributed by atoms with Crippen LogP contribution < -0.4 is 10.9 Å². The number of carbonyl (C=O) groups excluding carboxylic acids is 2. The lowest BCUT2D eigenvalue weighted by molar-refractivity contribution is -0.127. The van der Waals surface area contributed by atoms with E-state index < -0.39 is 5.92 Å². The van der Waals surface area contributed by atoms with Gasteiger partial charge in [-0.25, -0.2) is 10.9 Å². The highest BCUT2D eigenvalue weighted by molar-refractivity contribution is 9.10. The number of hydrazone groups is 2. The van der Waals surface area contributed by atoms with Crippen molar-refractivity contribution in [2.45, 2.75) is 20.3 Å². The highest BCUT2D eigenvalue weighted by Crippen LogP contribution is 2.12. The van der Waals surface area contributed by atoms with Gasteiger partial charge in [0.25, 0.3) is 0 Å². The van der Waals surface area contributed by atoms with Gasteiger partial charge in [-0.15, -0.1) is 0 Å². The molecule has 1 aromatic rings. The van der Waals surface area contributed by atoms with Gasteiger partial charge in [0.2, 0.25) is 11.8 Å². The van der Waals surface area contributed by atoms with E-state index in [1.54, 1.807) is 13.8 Å². The van der Waals surface area contributed by atoms with Crippen LogP contribution in [0.3, 0.4) is 0 Å². The summed E-state index contributed by atoms with van der Waals surface area (Å²) in [4.78, 5) is 23.3. The van der Waals surface area contributed by atoms with Crippen LogP contribution in [0.15, 0.2) is 38.9 Å². The predicted molar refractivity (Wildman–Crippen MR) is 83.9 cm³/mol. The van der Waals surface area contributed by atoms with Gasteiger partial charge in [-0.3, -0.25) is 9.59 Å². The minimum Gasteiger partial charge on any atom is -0.273 e. The molecule has 7 heteroatoms. The summed E-state index contributed by atoms with van der Waals surface area (Å²) in [6.45, 7) is 3.52. The number of benzene rings is 1. The first-order valence-corrected chi connectivity index (χ1v) is 7.20. The van der Waals surface area contributed by atoms with Gasteiger partial charge >= 0.3 is 0 Å². The molecule has 1 atom stereocenters. The standard InChI is InChI=1S/C14H15BrN4O2/c1-8(10-3-5-11(15)6-4-10)16-18-13(20)7-12-9(2)17-19-14(12)21/h3-6,12H,7H2,1-2H3,(H,18,20)(H,19,21)/b16-8+/t12-/m0/s1. The van der Waals surface area contributed by atoms with E-state index in [-0.39, 0.29) is 18.2 Å². The predicted octanol–water partition coefficient (Wildman–Crippen LogP) is 1.80. The number of nitrogens with one attached hydrogen (secondary N) is 2. The Balaban J connectivity index is 1.94. The van der Waals surface area contributed by atoms with E-state index >= 15 is 0 Å². The molecular formula is C14H15BrN4O2. The van der Waals surface area contributed by atoms with Crippen molar-refractivity contribution in [3.05, 3.63) is 34.3 Å². The van der Waals surface area contributed by atoms with Crippen molar-refractivity contribution < 1.29 is 9.59 Å². The average Bonchev–Trinajstić information content (AvgIpc) is 2.77. The maximum atomic E-state index is 11.8. The maximum absolute atomic E-state index is 11.8. The Labute approximate surface area is 130 Å². The van der Waals surface area contributed by atoms with Crippen LogP contribution in [0, 0.1) is 5.92 Å². The second-order valence-corrected chi connectivity index (χ2v) is 5.64. The first-order chi connectivity index (χ1) is 9.97. The quantitative estimate of drug-likeness (QED) is 0.641. The zero-order valence-electron chi connectivity index (χ0n) is 11.7. The molecule has 0 saturated carbocycles. The number of hydrogen-bond donors (Lipinski definition) is 2. The molecule has 110 valence electrons. The van der Waals surface area contributed by atoms with E-state index in [1.165, 1.54) is 0 Å². The molecule has 2 N–H and O–H groups in total. The first-order valence-electron chi connectivity index (χ1n) is 6.40. The molecular weight excluding hydrogens is 336 g/mol. The van der Waals surface area contributed by atoms with Crippen molar-refractivity contribution in [3.8, 4) is 0 Å². The second-order valence-electron chi connectivity index (χ2n) is 4.73. The van der Waals surface area contributed by atoms with Gasteiger partial charge in [-0.1, -0.05) is 28.1 Å². The molecule has 21 heavy (non-hydrogen) atoms. The molecule has 1 aliphatic rings. The molecule has 1 aliphatic heterocycles. The lowest BCUT2D eigenvalue weighted by atomic mass is 10.0. The van der Waals surface area contributed by atoms with Crippen LogP contribution in [0.5, 0.6) is 0 Å². The van der Waals surface area contributed by atoms with Gasteiger partial charge in [0.1, 0.15) is 0 Å².